The van der Waals surface area contributed by atoms with Gasteiger partial charge in [-0.25, -0.2) is 0 Å². The number of aromatic nitrogens is 3. The number of aryl methyl sites for hydroxylation is 3. The molecule has 0 aliphatic carbocycles. The van der Waals surface area contributed by atoms with Gasteiger partial charge in [-0.2, -0.15) is 0 Å². The lowest BCUT2D eigenvalue weighted by Gasteiger charge is -2.36. The summed E-state index contributed by atoms with van der Waals surface area (Å²) in [5, 5.41) is 12.0. The number of para-hydroxylation sites is 1. The van der Waals surface area contributed by atoms with Crippen LogP contribution >= 0.6 is 11.8 Å². The second-order valence-electron chi connectivity index (χ2n) is 8.75. The highest BCUT2D eigenvalue weighted by Gasteiger charge is 2.21. The molecule has 0 spiro atoms. The van der Waals surface area contributed by atoms with Crippen molar-refractivity contribution in [2.75, 3.05) is 43.4 Å². The van der Waals surface area contributed by atoms with Crippen LogP contribution in [-0.4, -0.2) is 70.0 Å². The molecule has 2 heterocycles. The number of anilines is 1. The van der Waals surface area contributed by atoms with E-state index in [2.05, 4.69) is 50.7 Å². The van der Waals surface area contributed by atoms with Gasteiger partial charge in [-0.1, -0.05) is 42.1 Å². The molecule has 0 unspecified atom stereocenters. The second-order valence-corrected chi connectivity index (χ2v) is 9.69. The Morgan fingerprint density at radius 1 is 0.971 bits per heavy atom. The van der Waals surface area contributed by atoms with Crippen LogP contribution in [0.4, 0.5) is 5.69 Å². The van der Waals surface area contributed by atoms with E-state index in [4.69, 9.17) is 0 Å². The first kappa shape index (κ1) is 24.8. The standard InChI is InChI=1S/C26H32N6O2S/c1-19-9-10-20(2)23(17-19)32-21(3)28-29-26(32)35-18-24(33)27-12-11-25(34)31-15-13-30(14-16-31)22-7-5-4-6-8-22/h4-10,17H,11-16,18H2,1-3H3,(H,27,33). The van der Waals surface area contributed by atoms with Crippen LogP contribution in [0.3, 0.4) is 0 Å². The Balaban J connectivity index is 1.22. The highest BCUT2D eigenvalue weighted by Crippen LogP contribution is 2.24. The minimum absolute atomic E-state index is 0.0796. The van der Waals surface area contributed by atoms with Crippen molar-refractivity contribution < 1.29 is 9.59 Å². The number of nitrogens with one attached hydrogen (secondary N) is 1. The highest BCUT2D eigenvalue weighted by atomic mass is 32.2. The van der Waals surface area contributed by atoms with E-state index < -0.39 is 0 Å². The van der Waals surface area contributed by atoms with Gasteiger partial charge in [0.15, 0.2) is 5.16 Å². The molecule has 9 heteroatoms. The average molecular weight is 493 g/mol. The van der Waals surface area contributed by atoms with Crippen LogP contribution in [0, 0.1) is 20.8 Å². The second kappa shape index (κ2) is 11.4. The molecule has 2 amide bonds. The predicted octanol–water partition coefficient (Wildman–Crippen LogP) is 3.14. The molecule has 8 nitrogen and oxygen atoms in total. The van der Waals surface area contributed by atoms with Crippen molar-refractivity contribution in [3.8, 4) is 5.69 Å². The molecular weight excluding hydrogens is 460 g/mol. The Bertz CT molecular complexity index is 1170. The first-order valence-electron chi connectivity index (χ1n) is 11.9. The third-order valence-corrected chi connectivity index (χ3v) is 7.08. The maximum absolute atomic E-state index is 12.6. The van der Waals surface area contributed by atoms with Crippen LogP contribution in [0.25, 0.3) is 5.69 Å². The molecule has 1 aliphatic heterocycles. The van der Waals surface area contributed by atoms with Gasteiger partial charge in [-0.15, -0.1) is 10.2 Å². The molecule has 35 heavy (non-hydrogen) atoms. The molecule has 1 aliphatic rings. The van der Waals surface area contributed by atoms with Gasteiger partial charge in [0.2, 0.25) is 11.8 Å². The average Bonchev–Trinajstić information content (AvgIpc) is 3.24. The SMILES string of the molecule is Cc1ccc(C)c(-n2c(C)nnc2SCC(=O)NCCC(=O)N2CCN(c3ccccc3)CC2)c1. The van der Waals surface area contributed by atoms with E-state index >= 15 is 0 Å². The Hall–Kier alpha value is -3.33. The summed E-state index contributed by atoms with van der Waals surface area (Å²) in [7, 11) is 0. The molecule has 0 saturated carbocycles. The number of carbonyl (C=O) groups is 2. The Labute approximate surface area is 210 Å². The van der Waals surface area contributed by atoms with Crippen LogP contribution in [0.5, 0.6) is 0 Å². The number of hydrogen-bond acceptors (Lipinski definition) is 6. The van der Waals surface area contributed by atoms with E-state index in [9.17, 15) is 9.59 Å². The van der Waals surface area contributed by atoms with E-state index in [1.54, 1.807) is 0 Å². The van der Waals surface area contributed by atoms with E-state index in [1.165, 1.54) is 17.4 Å². The molecule has 1 fully saturated rings. The van der Waals surface area contributed by atoms with Crippen LogP contribution in [0.15, 0.2) is 53.7 Å². The van der Waals surface area contributed by atoms with Crippen molar-refractivity contribution in [2.24, 2.45) is 0 Å². The van der Waals surface area contributed by atoms with Gasteiger partial charge in [0.05, 0.1) is 11.4 Å². The zero-order valence-corrected chi connectivity index (χ0v) is 21.3. The van der Waals surface area contributed by atoms with Gasteiger partial charge < -0.3 is 15.1 Å². The summed E-state index contributed by atoms with van der Waals surface area (Å²) >= 11 is 1.35. The Morgan fingerprint density at radius 3 is 2.46 bits per heavy atom. The van der Waals surface area contributed by atoms with Gasteiger partial charge in [0.25, 0.3) is 0 Å². The number of benzene rings is 2. The molecule has 1 aromatic heterocycles. The monoisotopic (exact) mass is 492 g/mol. The highest BCUT2D eigenvalue weighted by molar-refractivity contribution is 7.99. The van der Waals surface area contributed by atoms with Gasteiger partial charge >= 0.3 is 0 Å². The maximum atomic E-state index is 12.6. The topological polar surface area (TPSA) is 83.4 Å². The minimum Gasteiger partial charge on any atom is -0.368 e. The van der Waals surface area contributed by atoms with Crippen molar-refractivity contribution in [3.63, 3.8) is 0 Å². The molecule has 3 aromatic rings. The van der Waals surface area contributed by atoms with Gasteiger partial charge in [-0.3, -0.25) is 14.2 Å². The zero-order chi connectivity index (χ0) is 24.8. The molecule has 2 aromatic carbocycles. The van der Waals surface area contributed by atoms with Gasteiger partial charge in [-0.05, 0) is 50.1 Å². The summed E-state index contributed by atoms with van der Waals surface area (Å²) in [5.74, 6) is 0.952. The van der Waals surface area contributed by atoms with E-state index in [-0.39, 0.29) is 17.6 Å². The van der Waals surface area contributed by atoms with Crippen LogP contribution in [0.1, 0.15) is 23.4 Å². The summed E-state index contributed by atoms with van der Waals surface area (Å²) in [4.78, 5) is 29.2. The summed E-state index contributed by atoms with van der Waals surface area (Å²) in [6.45, 7) is 9.37. The Morgan fingerprint density at radius 2 is 1.71 bits per heavy atom. The van der Waals surface area contributed by atoms with Gasteiger partial charge in [0.1, 0.15) is 5.82 Å². The summed E-state index contributed by atoms with van der Waals surface area (Å²) in [5.41, 5.74) is 4.48. The lowest BCUT2D eigenvalue weighted by molar-refractivity contribution is -0.131. The quantitative estimate of drug-likeness (QED) is 0.487. The number of rotatable bonds is 8. The lowest BCUT2D eigenvalue weighted by Crippen LogP contribution is -2.49. The summed E-state index contributed by atoms with van der Waals surface area (Å²) in [6.07, 6.45) is 0.305. The number of amides is 2. The predicted molar refractivity (Wildman–Crippen MR) is 139 cm³/mol. The first-order valence-corrected chi connectivity index (χ1v) is 12.9. The fourth-order valence-electron chi connectivity index (χ4n) is 4.18. The third-order valence-electron chi connectivity index (χ3n) is 6.15. The molecule has 0 atom stereocenters. The minimum atomic E-state index is -0.120. The van der Waals surface area contributed by atoms with Crippen molar-refractivity contribution in [3.05, 3.63) is 65.5 Å². The van der Waals surface area contributed by atoms with E-state index in [0.29, 0.717) is 31.2 Å². The van der Waals surface area contributed by atoms with Crippen molar-refractivity contribution >= 4 is 29.3 Å². The molecule has 1 N–H and O–H groups in total. The smallest absolute Gasteiger partial charge is 0.230 e. The third kappa shape index (κ3) is 6.22. The van der Waals surface area contributed by atoms with Crippen LogP contribution in [0.2, 0.25) is 0 Å². The lowest BCUT2D eigenvalue weighted by atomic mass is 10.1. The summed E-state index contributed by atoms with van der Waals surface area (Å²) < 4.78 is 1.99. The van der Waals surface area contributed by atoms with Crippen molar-refractivity contribution in [1.29, 1.82) is 0 Å². The normalized spacial score (nSPS) is 13.7. The molecular formula is C26H32N6O2S. The van der Waals surface area contributed by atoms with Crippen LogP contribution < -0.4 is 10.2 Å². The fraction of sp³-hybridized carbons (Fsp3) is 0.385. The van der Waals surface area contributed by atoms with Crippen LogP contribution in [-0.2, 0) is 9.59 Å². The van der Waals surface area contributed by atoms with Crippen molar-refractivity contribution in [1.82, 2.24) is 25.0 Å². The fourth-order valence-corrected chi connectivity index (χ4v) is 5.00. The van der Waals surface area contributed by atoms with Gasteiger partial charge in [0, 0.05) is 44.8 Å². The first-order chi connectivity index (χ1) is 16.9. The zero-order valence-electron chi connectivity index (χ0n) is 20.5. The Kier molecular flexibility index (Phi) is 8.07. The molecule has 4 rings (SSSR count). The number of piperazine rings is 1. The molecule has 1 saturated heterocycles. The van der Waals surface area contributed by atoms with Crippen molar-refractivity contribution in [2.45, 2.75) is 32.3 Å². The maximum Gasteiger partial charge on any atom is 0.230 e. The largest absolute Gasteiger partial charge is 0.368 e. The summed E-state index contributed by atoms with van der Waals surface area (Å²) in [6, 6.07) is 16.5. The number of thioether (sulfide) groups is 1. The van der Waals surface area contributed by atoms with E-state index in [0.717, 1.165) is 35.7 Å². The molecule has 184 valence electrons. The number of nitrogens with zero attached hydrogens (tertiary/aromatic N) is 5. The molecule has 0 radical (unpaired) electrons. The van der Waals surface area contributed by atoms with E-state index in [1.807, 2.05) is 48.4 Å². The number of carbonyl (C=O) groups excluding carboxylic acids is 2. The molecule has 0 bridgehead atoms. The number of hydrogen-bond donors (Lipinski definition) is 1.